The summed E-state index contributed by atoms with van der Waals surface area (Å²) in [6, 6.07) is 13.5. The first-order valence-corrected chi connectivity index (χ1v) is 11.2. The van der Waals surface area contributed by atoms with Gasteiger partial charge in [0.05, 0.1) is 49.3 Å². The van der Waals surface area contributed by atoms with Crippen molar-refractivity contribution in [3.8, 4) is 11.5 Å². The van der Waals surface area contributed by atoms with Gasteiger partial charge in [0, 0.05) is 11.8 Å². The molecule has 2 aromatic rings. The van der Waals surface area contributed by atoms with Gasteiger partial charge in [0.15, 0.2) is 0 Å². The summed E-state index contributed by atoms with van der Waals surface area (Å²) in [7, 11) is 3.09. The Bertz CT molecular complexity index is 1110. The zero-order chi connectivity index (χ0) is 23.7. The van der Waals surface area contributed by atoms with Crippen molar-refractivity contribution in [3.63, 3.8) is 0 Å². The fourth-order valence-electron chi connectivity index (χ4n) is 6.20. The number of imide groups is 2. The first kappa shape index (κ1) is 20.7. The van der Waals surface area contributed by atoms with Crippen LogP contribution in [0.4, 0.5) is 11.4 Å². The maximum absolute atomic E-state index is 13.5. The molecule has 2 aliphatic heterocycles. The molecule has 2 aromatic carbocycles. The van der Waals surface area contributed by atoms with E-state index in [0.29, 0.717) is 22.9 Å². The summed E-state index contributed by atoms with van der Waals surface area (Å²) in [6.07, 6.45) is 3.72. The minimum absolute atomic E-state index is 0.318. The number of carbonyl (C=O) groups excluding carboxylic acids is 4. The van der Waals surface area contributed by atoms with Crippen molar-refractivity contribution in [2.24, 2.45) is 35.5 Å². The van der Waals surface area contributed by atoms with Crippen LogP contribution in [-0.4, -0.2) is 37.8 Å². The van der Waals surface area contributed by atoms with Gasteiger partial charge in [-0.1, -0.05) is 12.2 Å². The molecule has 172 valence electrons. The lowest BCUT2D eigenvalue weighted by Gasteiger charge is -2.44. The Hall–Kier alpha value is -3.94. The summed E-state index contributed by atoms with van der Waals surface area (Å²) in [5, 5.41) is 0. The smallest absolute Gasteiger partial charge is 0.238 e. The lowest BCUT2D eigenvalue weighted by Crippen LogP contribution is -2.50. The van der Waals surface area contributed by atoms with E-state index in [0.717, 1.165) is 0 Å². The highest BCUT2D eigenvalue weighted by Crippen LogP contribution is 2.58. The number of nitrogens with zero attached hydrogens (tertiary/aromatic N) is 2. The summed E-state index contributed by atoms with van der Waals surface area (Å²) in [4.78, 5) is 56.5. The quantitative estimate of drug-likeness (QED) is 0.516. The zero-order valence-corrected chi connectivity index (χ0v) is 18.6. The van der Waals surface area contributed by atoms with Gasteiger partial charge in [0.25, 0.3) is 0 Å². The fraction of sp³-hybridized carbons (Fsp3) is 0.308. The van der Waals surface area contributed by atoms with Crippen molar-refractivity contribution >= 4 is 35.0 Å². The Kier molecular flexibility index (Phi) is 4.42. The second kappa shape index (κ2) is 7.28. The van der Waals surface area contributed by atoms with Gasteiger partial charge >= 0.3 is 0 Å². The van der Waals surface area contributed by atoms with Gasteiger partial charge in [-0.15, -0.1) is 0 Å². The highest BCUT2D eigenvalue weighted by atomic mass is 16.5. The molecule has 2 bridgehead atoms. The highest BCUT2D eigenvalue weighted by Gasteiger charge is 2.68. The van der Waals surface area contributed by atoms with Crippen LogP contribution in [0.1, 0.15) is 0 Å². The Labute approximate surface area is 195 Å². The van der Waals surface area contributed by atoms with Crippen molar-refractivity contribution < 1.29 is 28.7 Å². The number of amides is 4. The van der Waals surface area contributed by atoms with Crippen LogP contribution in [0, 0.1) is 35.5 Å². The SMILES string of the molecule is COc1ccc(N2C(=O)[C@@H]3C4C=CC([C@H]3C2=O)[C@@H]2C(=O)N(c3ccc(OC)cc3)C(=O)[C@@H]42)cc1. The molecule has 2 saturated heterocycles. The number of rotatable bonds is 4. The van der Waals surface area contributed by atoms with Gasteiger partial charge in [-0.2, -0.15) is 0 Å². The molecule has 2 unspecified atom stereocenters. The molecule has 7 rings (SSSR count). The van der Waals surface area contributed by atoms with Gasteiger partial charge in [-0.05, 0) is 48.5 Å². The summed E-state index contributed by atoms with van der Waals surface area (Å²) in [5.74, 6) is -3.66. The molecule has 5 aliphatic rings. The van der Waals surface area contributed by atoms with E-state index in [-0.39, 0.29) is 23.6 Å². The Morgan fingerprint density at radius 1 is 0.529 bits per heavy atom. The standard InChI is InChI=1S/C26H22N2O6/c1-33-15-7-3-13(4-8-15)27-23(29)19-17-11-12-18(20(19)24(27)30)22-21(17)25(31)28(26(22)32)14-5-9-16(34-2)10-6-14/h3-12,17-22H,1-2H3/t17?,18?,19-,20-,21+,22+. The van der Waals surface area contributed by atoms with Crippen LogP contribution in [0.25, 0.3) is 0 Å². The van der Waals surface area contributed by atoms with E-state index in [4.69, 9.17) is 9.47 Å². The van der Waals surface area contributed by atoms with Crippen LogP contribution in [0.5, 0.6) is 11.5 Å². The third-order valence-corrected chi connectivity index (χ3v) is 7.67. The normalized spacial score (nSPS) is 31.2. The Morgan fingerprint density at radius 2 is 0.824 bits per heavy atom. The number of benzene rings is 2. The number of anilines is 2. The van der Waals surface area contributed by atoms with E-state index < -0.39 is 35.5 Å². The van der Waals surface area contributed by atoms with E-state index >= 15 is 0 Å². The maximum Gasteiger partial charge on any atom is 0.238 e. The lowest BCUT2D eigenvalue weighted by atomic mass is 9.54. The average Bonchev–Trinajstić information content (AvgIpc) is 3.31. The van der Waals surface area contributed by atoms with E-state index in [1.54, 1.807) is 62.8 Å². The maximum atomic E-state index is 13.5. The molecule has 0 spiro atoms. The molecular formula is C26H22N2O6. The number of allylic oxidation sites excluding steroid dienone is 2. The molecular weight excluding hydrogens is 436 g/mol. The average molecular weight is 458 g/mol. The molecule has 34 heavy (non-hydrogen) atoms. The Morgan fingerprint density at radius 3 is 1.09 bits per heavy atom. The number of methoxy groups -OCH3 is 2. The summed E-state index contributed by atoms with van der Waals surface area (Å²) in [6.45, 7) is 0. The number of hydrogen-bond acceptors (Lipinski definition) is 6. The van der Waals surface area contributed by atoms with E-state index in [1.165, 1.54) is 9.80 Å². The lowest BCUT2D eigenvalue weighted by molar-refractivity contribution is -0.137. The first-order valence-electron chi connectivity index (χ1n) is 11.2. The minimum Gasteiger partial charge on any atom is -0.497 e. The zero-order valence-electron chi connectivity index (χ0n) is 18.6. The molecule has 0 aromatic heterocycles. The van der Waals surface area contributed by atoms with Crippen molar-refractivity contribution in [2.45, 2.75) is 0 Å². The van der Waals surface area contributed by atoms with Crippen molar-refractivity contribution in [3.05, 3.63) is 60.7 Å². The van der Waals surface area contributed by atoms with Crippen LogP contribution >= 0.6 is 0 Å². The topological polar surface area (TPSA) is 93.2 Å². The highest BCUT2D eigenvalue weighted by molar-refractivity contribution is 6.26. The molecule has 6 atom stereocenters. The monoisotopic (exact) mass is 458 g/mol. The van der Waals surface area contributed by atoms with Crippen LogP contribution < -0.4 is 19.3 Å². The fourth-order valence-corrected chi connectivity index (χ4v) is 6.20. The molecule has 8 heteroatoms. The van der Waals surface area contributed by atoms with E-state index in [1.807, 2.05) is 12.2 Å². The van der Waals surface area contributed by atoms with Crippen LogP contribution in [-0.2, 0) is 19.2 Å². The number of hydrogen-bond donors (Lipinski definition) is 0. The predicted octanol–water partition coefficient (Wildman–Crippen LogP) is 2.43. The molecule has 3 aliphatic carbocycles. The Balaban J connectivity index is 1.35. The molecule has 1 saturated carbocycles. The first-order chi connectivity index (χ1) is 16.5. The van der Waals surface area contributed by atoms with E-state index in [2.05, 4.69) is 0 Å². The van der Waals surface area contributed by atoms with E-state index in [9.17, 15) is 19.2 Å². The molecule has 4 amide bonds. The van der Waals surface area contributed by atoms with Gasteiger partial charge in [0.1, 0.15) is 11.5 Å². The van der Waals surface area contributed by atoms with Crippen LogP contribution in [0.2, 0.25) is 0 Å². The van der Waals surface area contributed by atoms with Crippen LogP contribution in [0.15, 0.2) is 60.7 Å². The van der Waals surface area contributed by atoms with Gasteiger partial charge in [-0.3, -0.25) is 29.0 Å². The summed E-state index contributed by atoms with van der Waals surface area (Å²) < 4.78 is 10.3. The van der Waals surface area contributed by atoms with Gasteiger partial charge in [0.2, 0.25) is 23.6 Å². The molecule has 2 heterocycles. The third kappa shape index (κ3) is 2.59. The van der Waals surface area contributed by atoms with Crippen LogP contribution in [0.3, 0.4) is 0 Å². The summed E-state index contributed by atoms with van der Waals surface area (Å²) in [5.41, 5.74) is 0.930. The predicted molar refractivity (Wildman–Crippen MR) is 121 cm³/mol. The molecule has 0 radical (unpaired) electrons. The molecule has 0 N–H and O–H groups in total. The van der Waals surface area contributed by atoms with Gasteiger partial charge < -0.3 is 9.47 Å². The minimum atomic E-state index is -0.654. The largest absolute Gasteiger partial charge is 0.497 e. The molecule has 8 nitrogen and oxygen atoms in total. The number of ether oxygens (including phenoxy) is 2. The van der Waals surface area contributed by atoms with Crippen molar-refractivity contribution in [1.82, 2.24) is 0 Å². The third-order valence-electron chi connectivity index (χ3n) is 7.67. The van der Waals surface area contributed by atoms with Crippen molar-refractivity contribution in [1.29, 1.82) is 0 Å². The summed E-state index contributed by atoms with van der Waals surface area (Å²) >= 11 is 0. The van der Waals surface area contributed by atoms with Gasteiger partial charge in [-0.25, -0.2) is 0 Å². The number of carbonyl (C=O) groups is 4. The second-order valence-electron chi connectivity index (χ2n) is 9.06. The second-order valence-corrected chi connectivity index (χ2v) is 9.06. The molecule has 3 fully saturated rings. The van der Waals surface area contributed by atoms with Crippen molar-refractivity contribution in [2.75, 3.05) is 24.0 Å².